The van der Waals surface area contributed by atoms with Crippen molar-refractivity contribution in [1.29, 1.82) is 0 Å². The SMILES string of the molecule is CN(Cc1cc[nH]c1)C(=O)C1(C(=O)O)CCC1. The molecule has 5 heteroatoms. The van der Waals surface area contributed by atoms with E-state index in [0.29, 0.717) is 19.4 Å². The van der Waals surface area contributed by atoms with Crippen LogP contribution in [0.1, 0.15) is 24.8 Å². The predicted molar refractivity (Wildman–Crippen MR) is 61.2 cm³/mol. The molecule has 92 valence electrons. The maximum absolute atomic E-state index is 12.1. The molecule has 5 nitrogen and oxygen atoms in total. The first kappa shape index (κ1) is 11.7. The zero-order valence-electron chi connectivity index (χ0n) is 9.77. The Morgan fingerprint density at radius 3 is 2.65 bits per heavy atom. The van der Waals surface area contributed by atoms with Gasteiger partial charge in [0.15, 0.2) is 0 Å². The van der Waals surface area contributed by atoms with Crippen molar-refractivity contribution in [2.24, 2.45) is 5.41 Å². The monoisotopic (exact) mass is 236 g/mol. The van der Waals surface area contributed by atoms with Crippen LogP contribution in [0.2, 0.25) is 0 Å². The topological polar surface area (TPSA) is 73.4 Å². The molecule has 0 unspecified atom stereocenters. The quantitative estimate of drug-likeness (QED) is 0.772. The van der Waals surface area contributed by atoms with E-state index >= 15 is 0 Å². The molecule has 1 aliphatic rings. The Balaban J connectivity index is 2.06. The Morgan fingerprint density at radius 2 is 2.24 bits per heavy atom. The predicted octanol–water partition coefficient (Wildman–Crippen LogP) is 1.23. The molecule has 17 heavy (non-hydrogen) atoms. The zero-order chi connectivity index (χ0) is 12.5. The van der Waals surface area contributed by atoms with Gasteiger partial charge >= 0.3 is 5.97 Å². The zero-order valence-corrected chi connectivity index (χ0v) is 9.77. The van der Waals surface area contributed by atoms with Crippen LogP contribution in [0.3, 0.4) is 0 Å². The van der Waals surface area contributed by atoms with Crippen molar-refractivity contribution in [3.8, 4) is 0 Å². The minimum atomic E-state index is -1.16. The molecule has 0 aromatic carbocycles. The highest BCUT2D eigenvalue weighted by molar-refractivity contribution is 6.02. The highest BCUT2D eigenvalue weighted by Gasteiger charge is 2.52. The number of nitrogens with zero attached hydrogens (tertiary/aromatic N) is 1. The van der Waals surface area contributed by atoms with E-state index in [1.807, 2.05) is 6.07 Å². The number of carboxylic acid groups (broad SMARTS) is 1. The van der Waals surface area contributed by atoms with E-state index < -0.39 is 11.4 Å². The largest absolute Gasteiger partial charge is 0.480 e. The van der Waals surface area contributed by atoms with Crippen molar-refractivity contribution >= 4 is 11.9 Å². The molecule has 0 saturated heterocycles. The summed E-state index contributed by atoms with van der Waals surface area (Å²) in [6.07, 6.45) is 5.31. The highest BCUT2D eigenvalue weighted by Crippen LogP contribution is 2.42. The van der Waals surface area contributed by atoms with E-state index in [9.17, 15) is 14.7 Å². The van der Waals surface area contributed by atoms with Crippen molar-refractivity contribution in [2.75, 3.05) is 7.05 Å². The fourth-order valence-corrected chi connectivity index (χ4v) is 2.22. The van der Waals surface area contributed by atoms with Crippen molar-refractivity contribution in [1.82, 2.24) is 9.88 Å². The number of carbonyl (C=O) groups excluding carboxylic acids is 1. The summed E-state index contributed by atoms with van der Waals surface area (Å²) in [6.45, 7) is 0.442. The Hall–Kier alpha value is -1.78. The Kier molecular flexibility index (Phi) is 2.92. The number of hydrogen-bond donors (Lipinski definition) is 2. The lowest BCUT2D eigenvalue weighted by Gasteiger charge is -2.38. The normalized spacial score (nSPS) is 17.2. The van der Waals surface area contributed by atoms with Crippen molar-refractivity contribution < 1.29 is 14.7 Å². The van der Waals surface area contributed by atoms with E-state index in [2.05, 4.69) is 4.98 Å². The molecule has 1 aliphatic carbocycles. The van der Waals surface area contributed by atoms with Crippen LogP contribution in [0, 0.1) is 5.41 Å². The maximum atomic E-state index is 12.1. The Morgan fingerprint density at radius 1 is 1.53 bits per heavy atom. The molecule has 1 heterocycles. The van der Waals surface area contributed by atoms with E-state index in [-0.39, 0.29) is 5.91 Å². The molecule has 1 aromatic rings. The second kappa shape index (κ2) is 4.24. The molecule has 0 atom stereocenters. The summed E-state index contributed by atoms with van der Waals surface area (Å²) < 4.78 is 0. The van der Waals surface area contributed by atoms with Gasteiger partial charge in [0.25, 0.3) is 0 Å². The van der Waals surface area contributed by atoms with Gasteiger partial charge in [0, 0.05) is 26.0 Å². The van der Waals surface area contributed by atoms with Gasteiger partial charge in [-0.1, -0.05) is 6.42 Å². The number of amides is 1. The number of carboxylic acids is 1. The van der Waals surface area contributed by atoms with Crippen LogP contribution in [0.25, 0.3) is 0 Å². The molecular formula is C12H16N2O3. The average Bonchev–Trinajstić information content (AvgIpc) is 2.67. The molecule has 0 spiro atoms. The summed E-state index contributed by atoms with van der Waals surface area (Å²) in [5, 5.41) is 9.18. The number of H-pyrrole nitrogens is 1. The molecule has 0 aliphatic heterocycles. The number of rotatable bonds is 4. The number of carbonyl (C=O) groups is 2. The average molecular weight is 236 g/mol. The van der Waals surface area contributed by atoms with E-state index in [1.54, 1.807) is 19.4 Å². The van der Waals surface area contributed by atoms with E-state index in [0.717, 1.165) is 12.0 Å². The van der Waals surface area contributed by atoms with Crippen LogP contribution < -0.4 is 0 Å². The van der Waals surface area contributed by atoms with Gasteiger partial charge in [-0.3, -0.25) is 9.59 Å². The highest BCUT2D eigenvalue weighted by atomic mass is 16.4. The molecule has 1 fully saturated rings. The van der Waals surface area contributed by atoms with Gasteiger partial charge in [-0.05, 0) is 24.5 Å². The van der Waals surface area contributed by atoms with Gasteiger partial charge in [0.05, 0.1) is 0 Å². The van der Waals surface area contributed by atoms with Crippen LogP contribution >= 0.6 is 0 Å². The number of aromatic nitrogens is 1. The van der Waals surface area contributed by atoms with Gasteiger partial charge in [0.2, 0.25) is 5.91 Å². The fraction of sp³-hybridized carbons (Fsp3) is 0.500. The lowest BCUT2D eigenvalue weighted by Crippen LogP contribution is -2.51. The number of aliphatic carboxylic acids is 1. The minimum absolute atomic E-state index is 0.280. The fourth-order valence-electron chi connectivity index (χ4n) is 2.22. The molecule has 2 N–H and O–H groups in total. The van der Waals surface area contributed by atoms with Gasteiger partial charge < -0.3 is 15.0 Å². The molecule has 1 amide bonds. The van der Waals surface area contributed by atoms with Crippen LogP contribution in [0.4, 0.5) is 0 Å². The van der Waals surface area contributed by atoms with Crippen LogP contribution in [-0.4, -0.2) is 33.9 Å². The maximum Gasteiger partial charge on any atom is 0.319 e. The Bertz CT molecular complexity index is 421. The Labute approximate surface area is 99.4 Å². The van der Waals surface area contributed by atoms with Crippen molar-refractivity contribution in [2.45, 2.75) is 25.8 Å². The van der Waals surface area contributed by atoms with Gasteiger partial charge in [0.1, 0.15) is 5.41 Å². The lowest BCUT2D eigenvalue weighted by atomic mass is 9.68. The molecular weight excluding hydrogens is 220 g/mol. The minimum Gasteiger partial charge on any atom is -0.480 e. The first-order valence-electron chi connectivity index (χ1n) is 5.67. The van der Waals surface area contributed by atoms with Crippen LogP contribution in [0.15, 0.2) is 18.5 Å². The molecule has 1 saturated carbocycles. The van der Waals surface area contributed by atoms with Crippen molar-refractivity contribution in [3.63, 3.8) is 0 Å². The van der Waals surface area contributed by atoms with Gasteiger partial charge in [-0.25, -0.2) is 0 Å². The molecule has 2 rings (SSSR count). The molecule has 0 radical (unpaired) electrons. The smallest absolute Gasteiger partial charge is 0.319 e. The molecule has 0 bridgehead atoms. The van der Waals surface area contributed by atoms with E-state index in [4.69, 9.17) is 0 Å². The van der Waals surface area contributed by atoms with Crippen LogP contribution in [0.5, 0.6) is 0 Å². The third kappa shape index (κ3) is 1.92. The van der Waals surface area contributed by atoms with Crippen molar-refractivity contribution in [3.05, 3.63) is 24.0 Å². The van der Waals surface area contributed by atoms with E-state index in [1.165, 1.54) is 4.90 Å². The summed E-state index contributed by atoms with van der Waals surface area (Å²) >= 11 is 0. The standard InChI is InChI=1S/C12H16N2O3/c1-14(8-9-3-6-13-7-9)10(15)12(11(16)17)4-2-5-12/h3,6-7,13H,2,4-5,8H2,1H3,(H,16,17). The third-order valence-corrected chi connectivity index (χ3v) is 3.45. The summed E-state index contributed by atoms with van der Waals surface area (Å²) in [6, 6.07) is 1.87. The number of aromatic amines is 1. The second-order valence-electron chi connectivity index (χ2n) is 4.62. The first-order valence-corrected chi connectivity index (χ1v) is 5.67. The third-order valence-electron chi connectivity index (χ3n) is 3.45. The molecule has 1 aromatic heterocycles. The number of nitrogens with one attached hydrogen (secondary N) is 1. The van der Waals surface area contributed by atoms with Crippen LogP contribution in [-0.2, 0) is 16.1 Å². The summed E-state index contributed by atoms with van der Waals surface area (Å²) in [7, 11) is 1.65. The van der Waals surface area contributed by atoms with Gasteiger partial charge in [-0.2, -0.15) is 0 Å². The first-order chi connectivity index (χ1) is 8.06. The number of hydrogen-bond acceptors (Lipinski definition) is 2. The summed E-state index contributed by atoms with van der Waals surface area (Å²) in [4.78, 5) is 27.8. The second-order valence-corrected chi connectivity index (χ2v) is 4.62. The summed E-state index contributed by atoms with van der Waals surface area (Å²) in [5.41, 5.74) is -0.189. The summed E-state index contributed by atoms with van der Waals surface area (Å²) in [5.74, 6) is -1.27. The van der Waals surface area contributed by atoms with Gasteiger partial charge in [-0.15, -0.1) is 0 Å². The lowest BCUT2D eigenvalue weighted by molar-refractivity contribution is -0.167.